The van der Waals surface area contributed by atoms with Crippen LogP contribution in [-0.4, -0.2) is 43.2 Å². The van der Waals surface area contributed by atoms with Crippen molar-refractivity contribution in [3.8, 4) is 5.75 Å². The number of nitrogens with zero attached hydrogens (tertiary/aromatic N) is 3. The topological polar surface area (TPSA) is 61.8 Å². The Morgan fingerprint density at radius 2 is 2.00 bits per heavy atom. The molecule has 1 unspecified atom stereocenters. The molecule has 0 aliphatic carbocycles. The molecule has 0 amide bonds. The third-order valence-electron chi connectivity index (χ3n) is 4.89. The van der Waals surface area contributed by atoms with E-state index in [9.17, 15) is 0 Å². The van der Waals surface area contributed by atoms with E-state index in [1.807, 2.05) is 24.4 Å². The van der Waals surface area contributed by atoms with Crippen LogP contribution in [0.3, 0.4) is 0 Å². The Balaban J connectivity index is 0.00000320. The van der Waals surface area contributed by atoms with Crippen molar-refractivity contribution in [2.24, 2.45) is 4.99 Å². The average Bonchev–Trinajstić information content (AvgIpc) is 3.25. The van der Waals surface area contributed by atoms with Crippen molar-refractivity contribution in [1.82, 2.24) is 15.6 Å². The maximum absolute atomic E-state index is 6.00. The van der Waals surface area contributed by atoms with Crippen molar-refractivity contribution in [2.75, 3.05) is 31.1 Å². The van der Waals surface area contributed by atoms with Gasteiger partial charge in [-0.15, -0.1) is 24.0 Å². The highest BCUT2D eigenvalue weighted by Crippen LogP contribution is 2.19. The van der Waals surface area contributed by atoms with E-state index in [0.717, 1.165) is 37.2 Å². The summed E-state index contributed by atoms with van der Waals surface area (Å²) in [5.41, 5.74) is 2.37. The summed E-state index contributed by atoms with van der Waals surface area (Å²) < 4.78 is 6.00. The first-order valence-corrected chi connectivity index (χ1v) is 10.6. The number of ether oxygens (including phenoxy) is 1. The van der Waals surface area contributed by atoms with E-state index in [1.54, 1.807) is 0 Å². The van der Waals surface area contributed by atoms with Gasteiger partial charge in [0.1, 0.15) is 17.7 Å². The van der Waals surface area contributed by atoms with Gasteiger partial charge >= 0.3 is 0 Å². The number of nitrogens with one attached hydrogen (secondary N) is 2. The minimum Gasteiger partial charge on any atom is -0.489 e. The molecule has 164 valence electrons. The molecule has 0 radical (unpaired) electrons. The molecular weight excluding hydrogens is 489 g/mol. The van der Waals surface area contributed by atoms with Gasteiger partial charge in [-0.2, -0.15) is 0 Å². The molecule has 0 saturated carbocycles. The van der Waals surface area contributed by atoms with Crippen LogP contribution in [0, 0.1) is 6.92 Å². The Hall–Kier alpha value is -2.03. The molecule has 0 spiro atoms. The predicted molar refractivity (Wildman–Crippen MR) is 135 cm³/mol. The molecule has 1 saturated heterocycles. The molecule has 2 heterocycles. The van der Waals surface area contributed by atoms with E-state index >= 15 is 0 Å². The summed E-state index contributed by atoms with van der Waals surface area (Å²) in [4.78, 5) is 11.6. The summed E-state index contributed by atoms with van der Waals surface area (Å²) in [6.07, 6.45) is 4.42. The van der Waals surface area contributed by atoms with Crippen molar-refractivity contribution in [2.45, 2.75) is 46.3 Å². The third kappa shape index (κ3) is 7.66. The second-order valence-corrected chi connectivity index (χ2v) is 7.54. The van der Waals surface area contributed by atoms with E-state index in [-0.39, 0.29) is 30.1 Å². The van der Waals surface area contributed by atoms with Crippen molar-refractivity contribution in [3.63, 3.8) is 0 Å². The summed E-state index contributed by atoms with van der Waals surface area (Å²) in [6, 6.07) is 12.3. The van der Waals surface area contributed by atoms with Crippen LogP contribution >= 0.6 is 24.0 Å². The molecule has 1 aliphatic rings. The molecule has 6 nitrogen and oxygen atoms in total. The molecule has 1 aromatic heterocycles. The number of benzene rings is 1. The minimum atomic E-state index is 0. The lowest BCUT2D eigenvalue weighted by molar-refractivity contribution is 0.223. The molecule has 1 fully saturated rings. The minimum absolute atomic E-state index is 0. The van der Waals surface area contributed by atoms with Crippen LogP contribution in [0.4, 0.5) is 5.82 Å². The summed E-state index contributed by atoms with van der Waals surface area (Å²) >= 11 is 0. The maximum Gasteiger partial charge on any atom is 0.191 e. The number of pyridine rings is 1. The zero-order valence-corrected chi connectivity index (χ0v) is 20.6. The van der Waals surface area contributed by atoms with Crippen LogP contribution in [-0.2, 0) is 6.54 Å². The van der Waals surface area contributed by atoms with Gasteiger partial charge in [-0.25, -0.2) is 9.98 Å². The van der Waals surface area contributed by atoms with Crippen LogP contribution in [0.15, 0.2) is 47.6 Å². The summed E-state index contributed by atoms with van der Waals surface area (Å²) in [5, 5.41) is 6.69. The highest BCUT2D eigenvalue weighted by atomic mass is 127. The molecule has 3 rings (SSSR count). The first kappa shape index (κ1) is 24.2. The van der Waals surface area contributed by atoms with Crippen LogP contribution in [0.25, 0.3) is 0 Å². The third-order valence-corrected chi connectivity index (χ3v) is 4.89. The molecule has 30 heavy (non-hydrogen) atoms. The first-order valence-electron chi connectivity index (χ1n) is 10.6. The number of aromatic nitrogens is 1. The van der Waals surface area contributed by atoms with Crippen LogP contribution in [0.5, 0.6) is 5.75 Å². The fourth-order valence-electron chi connectivity index (χ4n) is 3.39. The number of guanidine groups is 1. The molecular formula is C23H34IN5O. The van der Waals surface area contributed by atoms with Gasteiger partial charge in [0.2, 0.25) is 0 Å². The number of hydrogen-bond acceptors (Lipinski definition) is 4. The Bertz CT molecular complexity index is 808. The Labute approximate surface area is 197 Å². The van der Waals surface area contributed by atoms with Gasteiger partial charge in [-0.05, 0) is 69.0 Å². The van der Waals surface area contributed by atoms with E-state index < -0.39 is 0 Å². The molecule has 1 aliphatic heterocycles. The smallest absolute Gasteiger partial charge is 0.191 e. The number of rotatable bonds is 8. The average molecular weight is 523 g/mol. The SMILES string of the molecule is CCNC(=NCc1ccnc(N2CCCC2)c1)NCC(C)Oc1cccc(C)c1.I. The lowest BCUT2D eigenvalue weighted by Gasteiger charge is -2.18. The summed E-state index contributed by atoms with van der Waals surface area (Å²) in [6.45, 7) is 10.5. The number of aryl methyl sites for hydroxylation is 1. The van der Waals surface area contributed by atoms with Crippen molar-refractivity contribution >= 4 is 35.8 Å². The lowest BCUT2D eigenvalue weighted by atomic mass is 10.2. The molecule has 0 bridgehead atoms. The first-order chi connectivity index (χ1) is 14.1. The fraction of sp³-hybridized carbons (Fsp3) is 0.478. The van der Waals surface area contributed by atoms with Gasteiger partial charge in [0.15, 0.2) is 5.96 Å². The number of halogens is 1. The van der Waals surface area contributed by atoms with Gasteiger partial charge in [-0.3, -0.25) is 0 Å². The zero-order valence-electron chi connectivity index (χ0n) is 18.2. The van der Waals surface area contributed by atoms with Gasteiger partial charge in [0.05, 0.1) is 13.1 Å². The monoisotopic (exact) mass is 523 g/mol. The van der Waals surface area contributed by atoms with Crippen molar-refractivity contribution in [3.05, 3.63) is 53.7 Å². The summed E-state index contributed by atoms with van der Waals surface area (Å²) in [5.74, 6) is 2.76. The van der Waals surface area contributed by atoms with E-state index in [1.165, 1.54) is 24.0 Å². The molecule has 1 atom stereocenters. The number of hydrogen-bond donors (Lipinski definition) is 2. The molecule has 1 aromatic carbocycles. The number of anilines is 1. The van der Waals surface area contributed by atoms with Crippen molar-refractivity contribution in [1.29, 1.82) is 0 Å². The molecule has 2 N–H and O–H groups in total. The van der Waals surface area contributed by atoms with Crippen molar-refractivity contribution < 1.29 is 4.74 Å². The fourth-order valence-corrected chi connectivity index (χ4v) is 3.39. The largest absolute Gasteiger partial charge is 0.489 e. The normalized spacial score (nSPS) is 14.8. The van der Waals surface area contributed by atoms with Crippen LogP contribution in [0.1, 0.15) is 37.8 Å². The predicted octanol–water partition coefficient (Wildman–Crippen LogP) is 4.13. The highest BCUT2D eigenvalue weighted by molar-refractivity contribution is 14.0. The molecule has 7 heteroatoms. The quantitative estimate of drug-likeness (QED) is 0.310. The highest BCUT2D eigenvalue weighted by Gasteiger charge is 2.13. The second-order valence-electron chi connectivity index (χ2n) is 7.54. The van der Waals surface area contributed by atoms with Crippen LogP contribution < -0.4 is 20.3 Å². The Morgan fingerprint density at radius 3 is 2.73 bits per heavy atom. The van der Waals surface area contributed by atoms with Gasteiger partial charge in [-0.1, -0.05) is 12.1 Å². The van der Waals surface area contributed by atoms with E-state index in [0.29, 0.717) is 13.1 Å². The Kier molecular flexibility index (Phi) is 10.2. The van der Waals surface area contributed by atoms with Gasteiger partial charge < -0.3 is 20.3 Å². The standard InChI is InChI=1S/C23H33N5O.HI/c1-4-24-23(26-16-19(3)29-21-9-7-8-18(2)14-21)27-17-20-10-11-25-22(15-20)28-12-5-6-13-28;/h7-11,14-15,19H,4-6,12-13,16-17H2,1-3H3,(H2,24,26,27);1H. The van der Waals surface area contributed by atoms with E-state index in [4.69, 9.17) is 9.73 Å². The van der Waals surface area contributed by atoms with Crippen LogP contribution in [0.2, 0.25) is 0 Å². The lowest BCUT2D eigenvalue weighted by Crippen LogP contribution is -2.41. The summed E-state index contributed by atoms with van der Waals surface area (Å²) in [7, 11) is 0. The van der Waals surface area contributed by atoms with Gasteiger partial charge in [0.25, 0.3) is 0 Å². The zero-order chi connectivity index (χ0) is 20.5. The second kappa shape index (κ2) is 12.6. The van der Waals surface area contributed by atoms with E-state index in [2.05, 4.69) is 59.5 Å². The van der Waals surface area contributed by atoms with Gasteiger partial charge in [0, 0.05) is 25.8 Å². The Morgan fingerprint density at radius 1 is 1.20 bits per heavy atom. The maximum atomic E-state index is 6.00. The molecule has 2 aromatic rings. The number of aliphatic imine (C=N–C) groups is 1.